The highest BCUT2D eigenvalue weighted by Crippen LogP contribution is 2.32. The molecule has 0 aliphatic rings. The Labute approximate surface area is 87.0 Å². The molecule has 0 heterocycles. The lowest BCUT2D eigenvalue weighted by Crippen LogP contribution is -1.92. The minimum atomic E-state index is 0.534. The SMILES string of the molecule is CCOc1cc(Cl)c(S)cc1Cl. The zero-order valence-electron chi connectivity index (χ0n) is 6.47. The lowest BCUT2D eigenvalue weighted by Gasteiger charge is -2.06. The van der Waals surface area contributed by atoms with Crippen LogP contribution in [-0.2, 0) is 0 Å². The molecule has 0 bridgehead atoms. The number of halogens is 2. The number of ether oxygens (including phenoxy) is 1. The van der Waals surface area contributed by atoms with Gasteiger partial charge in [0, 0.05) is 11.0 Å². The van der Waals surface area contributed by atoms with Crippen LogP contribution in [0.2, 0.25) is 10.0 Å². The minimum absolute atomic E-state index is 0.534. The van der Waals surface area contributed by atoms with Crippen LogP contribution >= 0.6 is 35.8 Å². The topological polar surface area (TPSA) is 9.23 Å². The molecule has 12 heavy (non-hydrogen) atoms. The molecule has 0 unspecified atom stereocenters. The van der Waals surface area contributed by atoms with Crippen LogP contribution < -0.4 is 4.74 Å². The van der Waals surface area contributed by atoms with Gasteiger partial charge in [-0.05, 0) is 13.0 Å². The van der Waals surface area contributed by atoms with E-state index in [9.17, 15) is 0 Å². The van der Waals surface area contributed by atoms with Gasteiger partial charge in [0.25, 0.3) is 0 Å². The first-order valence-electron chi connectivity index (χ1n) is 3.46. The molecule has 0 spiro atoms. The lowest BCUT2D eigenvalue weighted by atomic mass is 10.3. The van der Waals surface area contributed by atoms with Gasteiger partial charge in [-0.15, -0.1) is 12.6 Å². The van der Waals surface area contributed by atoms with Crippen molar-refractivity contribution in [1.29, 1.82) is 0 Å². The van der Waals surface area contributed by atoms with Gasteiger partial charge in [-0.25, -0.2) is 0 Å². The Hall–Kier alpha value is -0.0500. The van der Waals surface area contributed by atoms with Crippen LogP contribution in [0.5, 0.6) is 5.75 Å². The first kappa shape index (κ1) is 10.0. The number of hydrogen-bond acceptors (Lipinski definition) is 2. The van der Waals surface area contributed by atoms with E-state index >= 15 is 0 Å². The van der Waals surface area contributed by atoms with Crippen molar-refractivity contribution in [3.63, 3.8) is 0 Å². The average molecular weight is 223 g/mol. The molecule has 1 rings (SSSR count). The summed E-state index contributed by atoms with van der Waals surface area (Å²) in [5.41, 5.74) is 0. The van der Waals surface area contributed by atoms with E-state index in [0.717, 1.165) is 0 Å². The van der Waals surface area contributed by atoms with Crippen molar-refractivity contribution in [3.05, 3.63) is 22.2 Å². The van der Waals surface area contributed by atoms with Crippen molar-refractivity contribution in [2.45, 2.75) is 11.8 Å². The largest absolute Gasteiger partial charge is 0.492 e. The number of rotatable bonds is 2. The fourth-order valence-electron chi connectivity index (χ4n) is 0.784. The highest BCUT2D eigenvalue weighted by molar-refractivity contribution is 7.80. The molecule has 4 heteroatoms. The normalized spacial score (nSPS) is 10.0. The fourth-order valence-corrected chi connectivity index (χ4v) is 1.43. The van der Waals surface area contributed by atoms with E-state index in [-0.39, 0.29) is 0 Å². The lowest BCUT2D eigenvalue weighted by molar-refractivity contribution is 0.340. The van der Waals surface area contributed by atoms with Crippen LogP contribution in [0.15, 0.2) is 17.0 Å². The van der Waals surface area contributed by atoms with Crippen molar-refractivity contribution in [1.82, 2.24) is 0 Å². The summed E-state index contributed by atoms with van der Waals surface area (Å²) in [5, 5.41) is 1.08. The third-order valence-electron chi connectivity index (χ3n) is 1.30. The molecule has 66 valence electrons. The molecule has 1 aromatic carbocycles. The Balaban J connectivity index is 3.05. The smallest absolute Gasteiger partial charge is 0.139 e. The molecule has 0 radical (unpaired) electrons. The first-order valence-corrected chi connectivity index (χ1v) is 4.66. The summed E-state index contributed by atoms with van der Waals surface area (Å²) < 4.78 is 5.22. The Morgan fingerprint density at radius 3 is 2.58 bits per heavy atom. The van der Waals surface area contributed by atoms with Gasteiger partial charge in [0.2, 0.25) is 0 Å². The molecule has 1 aromatic rings. The average Bonchev–Trinajstić information content (AvgIpc) is 2.01. The summed E-state index contributed by atoms with van der Waals surface area (Å²) in [6, 6.07) is 3.33. The third kappa shape index (κ3) is 2.22. The van der Waals surface area contributed by atoms with E-state index in [0.29, 0.717) is 27.3 Å². The van der Waals surface area contributed by atoms with Gasteiger partial charge in [0.15, 0.2) is 0 Å². The monoisotopic (exact) mass is 222 g/mol. The molecule has 0 fully saturated rings. The Morgan fingerprint density at radius 2 is 2.00 bits per heavy atom. The van der Waals surface area contributed by atoms with E-state index in [1.54, 1.807) is 12.1 Å². The van der Waals surface area contributed by atoms with E-state index in [1.165, 1.54) is 0 Å². The molecular formula is C8H8Cl2OS. The Bertz CT molecular complexity index is 289. The van der Waals surface area contributed by atoms with Crippen LogP contribution in [0, 0.1) is 0 Å². The maximum atomic E-state index is 5.85. The molecule has 0 saturated carbocycles. The predicted molar refractivity (Wildman–Crippen MR) is 54.9 cm³/mol. The van der Waals surface area contributed by atoms with Crippen LogP contribution in [0.1, 0.15) is 6.92 Å². The van der Waals surface area contributed by atoms with Gasteiger partial charge in [-0.2, -0.15) is 0 Å². The molecule has 0 amide bonds. The van der Waals surface area contributed by atoms with E-state index in [1.807, 2.05) is 6.92 Å². The third-order valence-corrected chi connectivity index (χ3v) is 2.41. The standard InChI is InChI=1S/C8H8Cl2OS/c1-2-11-7-3-6(10)8(12)4-5(7)9/h3-4,12H,2H2,1H3. The maximum absolute atomic E-state index is 5.85. The van der Waals surface area contributed by atoms with Crippen molar-refractivity contribution < 1.29 is 4.74 Å². The summed E-state index contributed by atoms with van der Waals surface area (Å²) in [4.78, 5) is 0.658. The fraction of sp³-hybridized carbons (Fsp3) is 0.250. The van der Waals surface area contributed by atoms with E-state index < -0.39 is 0 Å². The highest BCUT2D eigenvalue weighted by atomic mass is 35.5. The molecule has 0 saturated heterocycles. The van der Waals surface area contributed by atoms with Gasteiger partial charge in [-0.3, -0.25) is 0 Å². The Kier molecular flexibility index (Phi) is 3.56. The minimum Gasteiger partial charge on any atom is -0.492 e. The van der Waals surface area contributed by atoms with Crippen LogP contribution in [0.4, 0.5) is 0 Å². The molecular weight excluding hydrogens is 215 g/mol. The predicted octanol–water partition coefficient (Wildman–Crippen LogP) is 3.68. The summed E-state index contributed by atoms with van der Waals surface area (Å²) in [6.07, 6.45) is 0. The zero-order chi connectivity index (χ0) is 9.14. The van der Waals surface area contributed by atoms with Gasteiger partial charge in [-0.1, -0.05) is 23.2 Å². The zero-order valence-corrected chi connectivity index (χ0v) is 8.88. The van der Waals surface area contributed by atoms with Gasteiger partial charge in [0.05, 0.1) is 16.7 Å². The summed E-state index contributed by atoms with van der Waals surface area (Å²) in [6.45, 7) is 2.46. The summed E-state index contributed by atoms with van der Waals surface area (Å²) in [5.74, 6) is 0.599. The molecule has 0 aliphatic heterocycles. The molecule has 1 nitrogen and oxygen atoms in total. The summed E-state index contributed by atoms with van der Waals surface area (Å²) in [7, 11) is 0. The van der Waals surface area contributed by atoms with Gasteiger partial charge in [0.1, 0.15) is 5.75 Å². The van der Waals surface area contributed by atoms with Crippen LogP contribution in [-0.4, -0.2) is 6.61 Å². The van der Waals surface area contributed by atoms with Crippen molar-refractivity contribution in [3.8, 4) is 5.75 Å². The molecule has 0 atom stereocenters. The van der Waals surface area contributed by atoms with Gasteiger partial charge < -0.3 is 4.74 Å². The van der Waals surface area contributed by atoms with Crippen LogP contribution in [0.3, 0.4) is 0 Å². The van der Waals surface area contributed by atoms with Crippen molar-refractivity contribution >= 4 is 35.8 Å². The quantitative estimate of drug-likeness (QED) is 0.752. The van der Waals surface area contributed by atoms with Crippen LogP contribution in [0.25, 0.3) is 0 Å². The molecule has 0 N–H and O–H groups in total. The number of benzene rings is 1. The number of thiol groups is 1. The summed E-state index contributed by atoms with van der Waals surface area (Å²) >= 11 is 15.8. The number of hydrogen-bond donors (Lipinski definition) is 1. The second kappa shape index (κ2) is 4.26. The Morgan fingerprint density at radius 1 is 1.33 bits per heavy atom. The van der Waals surface area contributed by atoms with E-state index in [4.69, 9.17) is 27.9 Å². The van der Waals surface area contributed by atoms with Crippen molar-refractivity contribution in [2.24, 2.45) is 0 Å². The second-order valence-electron chi connectivity index (χ2n) is 2.17. The second-order valence-corrected chi connectivity index (χ2v) is 3.46. The van der Waals surface area contributed by atoms with E-state index in [2.05, 4.69) is 12.6 Å². The molecule has 0 aromatic heterocycles. The molecule has 0 aliphatic carbocycles. The first-order chi connectivity index (χ1) is 5.65. The van der Waals surface area contributed by atoms with Crippen molar-refractivity contribution in [2.75, 3.05) is 6.61 Å². The van der Waals surface area contributed by atoms with Gasteiger partial charge >= 0.3 is 0 Å². The maximum Gasteiger partial charge on any atom is 0.139 e. The highest BCUT2D eigenvalue weighted by Gasteiger charge is 2.04.